The van der Waals surface area contributed by atoms with E-state index in [4.69, 9.17) is 30.6 Å². The molecule has 5 rings (SSSR count). The second-order valence-corrected chi connectivity index (χ2v) is 5.58. The van der Waals surface area contributed by atoms with E-state index >= 15 is 0 Å². The van der Waals surface area contributed by atoms with Gasteiger partial charge in [-0.1, -0.05) is 36.4 Å². The van der Waals surface area contributed by atoms with Crippen molar-refractivity contribution in [2.75, 3.05) is 0 Å². The number of para-hydroxylation sites is 2. The van der Waals surface area contributed by atoms with Crippen molar-refractivity contribution in [3.8, 4) is 0 Å². The molecule has 0 bridgehead atoms. The SMILES string of the molecule is O=[N+]([O-])[O-].O=[N+]([O-])[O-].[Cd+2].[OH3+].[OH3+].c1ccc2[nH]cnc2c1.c1cnc2c(c1)ccc1cccnc12. The summed E-state index contributed by atoms with van der Waals surface area (Å²) >= 11 is 0. The summed E-state index contributed by atoms with van der Waals surface area (Å²) in [6.07, 6.45) is 5.30. The van der Waals surface area contributed by atoms with Crippen LogP contribution in [0.2, 0.25) is 0 Å². The average molecular weight is 573 g/mol. The zero-order chi connectivity index (χ0) is 22.6. The number of fused-ring (bicyclic) bond motifs is 4. The average Bonchev–Trinajstić information content (AvgIpc) is 3.22. The Bertz CT molecular complexity index is 1200. The van der Waals surface area contributed by atoms with Gasteiger partial charge in [-0.2, -0.15) is 0 Å². The largest absolute Gasteiger partial charge is 2.00 e. The van der Waals surface area contributed by atoms with Gasteiger partial charge in [0.05, 0.1) is 38.6 Å². The van der Waals surface area contributed by atoms with Crippen LogP contribution in [-0.4, -0.2) is 30.1 Å². The summed E-state index contributed by atoms with van der Waals surface area (Å²) in [5.74, 6) is 0. The molecule has 0 atom stereocenters. The topological polar surface area (TPSA) is 253 Å². The monoisotopic (exact) mass is 574 g/mol. The second kappa shape index (κ2) is 16.6. The standard InChI is InChI=1S/C12H8N2.C7H6N2.Cd.2NO3.2H2O/c1-3-9-5-6-10-4-2-8-14-12(10)11(9)13-7-1;1-2-4-7-6(3-1)8-5-9-7;;2*2-1(3)4;;/h1-8H;1-5H,(H,8,9);;;;2*1H2/q;;+2;2*-1;;/p+2. The van der Waals surface area contributed by atoms with E-state index in [1.807, 2.05) is 36.4 Å². The number of imidazole rings is 1. The van der Waals surface area contributed by atoms with Gasteiger partial charge < -0.3 is 46.6 Å². The van der Waals surface area contributed by atoms with Crippen LogP contribution in [0.4, 0.5) is 0 Å². The normalized spacial score (nSPS) is 8.59. The summed E-state index contributed by atoms with van der Waals surface area (Å²) in [6.45, 7) is 0. The molecule has 34 heavy (non-hydrogen) atoms. The Kier molecular flexibility index (Phi) is 15.7. The van der Waals surface area contributed by atoms with Crippen molar-refractivity contribution in [1.82, 2.24) is 19.9 Å². The summed E-state index contributed by atoms with van der Waals surface area (Å²) in [5.41, 5.74) is 4.08. The number of pyridine rings is 2. The summed E-state index contributed by atoms with van der Waals surface area (Å²) in [5, 5.41) is 31.8. The minimum absolute atomic E-state index is 0. The maximum Gasteiger partial charge on any atom is 2.00 e. The first-order chi connectivity index (χ1) is 14.9. The molecule has 0 aliphatic carbocycles. The van der Waals surface area contributed by atoms with Crippen LogP contribution in [0.25, 0.3) is 32.8 Å². The number of nitrogens with zero attached hydrogens (tertiary/aromatic N) is 5. The fourth-order valence-corrected chi connectivity index (χ4v) is 2.56. The third-order valence-corrected chi connectivity index (χ3v) is 3.67. The Balaban J connectivity index is 0. The third kappa shape index (κ3) is 10.5. The molecule has 2 aromatic carbocycles. The number of aromatic nitrogens is 4. The molecular weight excluding hydrogens is 553 g/mol. The molecule has 0 saturated carbocycles. The van der Waals surface area contributed by atoms with Crippen LogP contribution in [0.3, 0.4) is 0 Å². The molecule has 14 nitrogen and oxygen atoms in total. The van der Waals surface area contributed by atoms with Crippen LogP contribution in [0.15, 0.2) is 79.4 Å². The Morgan fingerprint density at radius 3 is 1.53 bits per heavy atom. The molecule has 3 heterocycles. The van der Waals surface area contributed by atoms with E-state index in [0.717, 1.165) is 32.8 Å². The second-order valence-electron chi connectivity index (χ2n) is 5.58. The molecule has 174 valence electrons. The molecular formula is C19H20CdN6O8+2. The molecule has 0 fully saturated rings. The first-order valence-electron chi connectivity index (χ1n) is 8.48. The van der Waals surface area contributed by atoms with Gasteiger partial charge in [0.25, 0.3) is 0 Å². The molecule has 0 aliphatic heterocycles. The first kappa shape index (κ1) is 32.2. The van der Waals surface area contributed by atoms with Crippen LogP contribution >= 0.6 is 0 Å². The molecule has 0 unspecified atom stereocenters. The van der Waals surface area contributed by atoms with E-state index in [9.17, 15) is 0 Å². The maximum absolute atomic E-state index is 8.25. The fourth-order valence-electron chi connectivity index (χ4n) is 2.56. The molecule has 7 N–H and O–H groups in total. The Morgan fingerprint density at radius 2 is 1.09 bits per heavy atom. The van der Waals surface area contributed by atoms with Crippen molar-refractivity contribution >= 4 is 32.8 Å². The Labute approximate surface area is 210 Å². The number of nitrogens with one attached hydrogen (secondary N) is 1. The molecule has 15 heteroatoms. The van der Waals surface area contributed by atoms with Crippen molar-refractivity contribution < 1.29 is 48.4 Å². The van der Waals surface area contributed by atoms with Crippen LogP contribution < -0.4 is 0 Å². The van der Waals surface area contributed by atoms with Gasteiger partial charge in [-0.3, -0.25) is 9.97 Å². The zero-order valence-corrected chi connectivity index (χ0v) is 21.6. The minimum atomic E-state index is -1.75. The fraction of sp³-hybridized carbons (Fsp3) is 0. The van der Waals surface area contributed by atoms with E-state index in [2.05, 4.69) is 44.2 Å². The van der Waals surface area contributed by atoms with Gasteiger partial charge in [-0.05, 0) is 24.3 Å². The molecule has 0 radical (unpaired) electrons. The van der Waals surface area contributed by atoms with Gasteiger partial charge in [0.1, 0.15) is 0 Å². The van der Waals surface area contributed by atoms with Gasteiger partial charge in [0.2, 0.25) is 0 Å². The van der Waals surface area contributed by atoms with Crippen molar-refractivity contribution in [3.05, 3.63) is 110 Å². The Morgan fingerprint density at radius 1 is 0.647 bits per heavy atom. The van der Waals surface area contributed by atoms with Gasteiger partial charge in [0.15, 0.2) is 0 Å². The summed E-state index contributed by atoms with van der Waals surface area (Å²) < 4.78 is 0. The van der Waals surface area contributed by atoms with Crippen molar-refractivity contribution in [2.45, 2.75) is 0 Å². The van der Waals surface area contributed by atoms with E-state index < -0.39 is 10.2 Å². The third-order valence-electron chi connectivity index (χ3n) is 3.67. The number of hydrogen-bond donors (Lipinski definition) is 1. The Hall–Kier alpha value is -4.03. The minimum Gasteiger partial charge on any atom is -0.457 e. The molecule has 0 amide bonds. The summed E-state index contributed by atoms with van der Waals surface area (Å²) in [6, 6.07) is 20.1. The van der Waals surface area contributed by atoms with Gasteiger partial charge in [-0.25, -0.2) is 4.98 Å². The molecule has 0 saturated heterocycles. The first-order valence-corrected chi connectivity index (χ1v) is 8.48. The van der Waals surface area contributed by atoms with Crippen LogP contribution in [0.5, 0.6) is 0 Å². The zero-order valence-electron chi connectivity index (χ0n) is 17.6. The summed E-state index contributed by atoms with van der Waals surface area (Å²) in [4.78, 5) is 32.3. The maximum atomic E-state index is 8.25. The number of H-pyrrole nitrogens is 1. The quantitative estimate of drug-likeness (QED) is 0.0934. The van der Waals surface area contributed by atoms with Gasteiger partial charge in [-0.15, -0.1) is 0 Å². The van der Waals surface area contributed by atoms with Crippen LogP contribution in [0, 0.1) is 30.6 Å². The molecule has 0 spiro atoms. The molecule has 0 aliphatic rings. The molecule has 5 aromatic rings. The van der Waals surface area contributed by atoms with Crippen molar-refractivity contribution in [3.63, 3.8) is 0 Å². The van der Waals surface area contributed by atoms with Gasteiger partial charge >= 0.3 is 27.3 Å². The van der Waals surface area contributed by atoms with Crippen LogP contribution in [-0.2, 0) is 38.3 Å². The smallest absolute Gasteiger partial charge is 0.457 e. The van der Waals surface area contributed by atoms with E-state index in [1.165, 1.54) is 0 Å². The van der Waals surface area contributed by atoms with E-state index in [-0.39, 0.29) is 38.3 Å². The van der Waals surface area contributed by atoms with Gasteiger partial charge in [0, 0.05) is 23.2 Å². The van der Waals surface area contributed by atoms with Crippen molar-refractivity contribution in [1.29, 1.82) is 0 Å². The van der Waals surface area contributed by atoms with Crippen molar-refractivity contribution in [2.24, 2.45) is 0 Å². The predicted molar refractivity (Wildman–Crippen MR) is 124 cm³/mol. The van der Waals surface area contributed by atoms with E-state index in [0.29, 0.717) is 0 Å². The van der Waals surface area contributed by atoms with E-state index in [1.54, 1.807) is 18.7 Å². The molecule has 3 aromatic heterocycles. The number of benzene rings is 2. The number of hydrogen-bond acceptors (Lipinski definition) is 9. The predicted octanol–water partition coefficient (Wildman–Crippen LogP) is 2.02. The summed E-state index contributed by atoms with van der Waals surface area (Å²) in [7, 11) is 0. The number of rotatable bonds is 0. The number of aromatic amines is 1. The van der Waals surface area contributed by atoms with Crippen LogP contribution in [0.1, 0.15) is 0 Å².